The molecule has 0 saturated carbocycles. The summed E-state index contributed by atoms with van der Waals surface area (Å²) in [4.78, 5) is 13.2. The van der Waals surface area contributed by atoms with Crippen LogP contribution < -0.4 is 10.5 Å². The molecule has 1 amide bonds. The van der Waals surface area contributed by atoms with Crippen LogP contribution in [-0.2, 0) is 4.79 Å². The maximum Gasteiger partial charge on any atom is 0.246 e. The predicted octanol–water partition coefficient (Wildman–Crippen LogP) is 1.13. The van der Waals surface area contributed by atoms with Crippen molar-refractivity contribution < 1.29 is 9.53 Å². The summed E-state index contributed by atoms with van der Waals surface area (Å²) in [5, 5.41) is 0. The third-order valence-corrected chi connectivity index (χ3v) is 2.37. The molecule has 0 radical (unpaired) electrons. The molecular weight excluding hydrogens is 216 g/mol. The lowest BCUT2D eigenvalue weighted by Crippen LogP contribution is -2.30. The number of carbonyl (C=O) groups is 1. The van der Waals surface area contributed by atoms with Crippen LogP contribution in [0.25, 0.3) is 6.08 Å². The number of hydrogen-bond acceptors (Lipinski definition) is 3. The molecule has 0 heterocycles. The van der Waals surface area contributed by atoms with Crippen LogP contribution in [0.15, 0.2) is 30.3 Å². The van der Waals surface area contributed by atoms with Crippen molar-refractivity contribution in [2.75, 3.05) is 27.2 Å². The number of hydrogen-bond donors (Lipinski definition) is 1. The van der Waals surface area contributed by atoms with Gasteiger partial charge in [-0.3, -0.25) is 4.79 Å². The Balaban J connectivity index is 2.60. The summed E-state index contributed by atoms with van der Waals surface area (Å²) in [6.45, 7) is 1.03. The molecule has 92 valence electrons. The van der Waals surface area contributed by atoms with Gasteiger partial charge in [0.15, 0.2) is 0 Å². The minimum atomic E-state index is -0.0498. The maximum absolute atomic E-state index is 11.6. The molecule has 0 aromatic heterocycles. The van der Waals surface area contributed by atoms with Gasteiger partial charge in [0.2, 0.25) is 5.91 Å². The Morgan fingerprint density at radius 3 is 2.59 bits per heavy atom. The highest BCUT2D eigenvalue weighted by Crippen LogP contribution is 2.12. The summed E-state index contributed by atoms with van der Waals surface area (Å²) >= 11 is 0. The average molecular weight is 234 g/mol. The summed E-state index contributed by atoms with van der Waals surface area (Å²) < 4.78 is 5.05. The molecule has 0 atom stereocenters. The molecule has 17 heavy (non-hydrogen) atoms. The minimum Gasteiger partial charge on any atom is -0.497 e. The zero-order valence-corrected chi connectivity index (χ0v) is 10.2. The summed E-state index contributed by atoms with van der Waals surface area (Å²) in [5.41, 5.74) is 6.33. The smallest absolute Gasteiger partial charge is 0.246 e. The van der Waals surface area contributed by atoms with Crippen LogP contribution >= 0.6 is 0 Å². The predicted molar refractivity (Wildman–Crippen MR) is 68.7 cm³/mol. The molecule has 1 aromatic carbocycles. The van der Waals surface area contributed by atoms with Gasteiger partial charge in [0.05, 0.1) is 7.11 Å². The Hall–Kier alpha value is -1.81. The molecule has 1 rings (SSSR count). The van der Waals surface area contributed by atoms with Crippen molar-refractivity contribution in [1.82, 2.24) is 4.90 Å². The normalized spacial score (nSPS) is 10.5. The van der Waals surface area contributed by atoms with E-state index in [1.54, 1.807) is 25.1 Å². The second kappa shape index (κ2) is 6.70. The van der Waals surface area contributed by atoms with E-state index in [2.05, 4.69) is 0 Å². The lowest BCUT2D eigenvalue weighted by atomic mass is 10.2. The number of rotatable bonds is 5. The molecule has 1 aromatic rings. The van der Waals surface area contributed by atoms with Crippen molar-refractivity contribution in [3.05, 3.63) is 35.9 Å². The number of nitrogens with zero attached hydrogens (tertiary/aromatic N) is 1. The van der Waals surface area contributed by atoms with Gasteiger partial charge >= 0.3 is 0 Å². The Kier molecular flexibility index (Phi) is 5.23. The van der Waals surface area contributed by atoms with Gasteiger partial charge in [0.25, 0.3) is 0 Å². The molecule has 4 nitrogen and oxygen atoms in total. The van der Waals surface area contributed by atoms with Crippen LogP contribution in [0.2, 0.25) is 0 Å². The Morgan fingerprint density at radius 1 is 1.41 bits per heavy atom. The molecule has 0 bridgehead atoms. The van der Waals surface area contributed by atoms with Crippen molar-refractivity contribution in [1.29, 1.82) is 0 Å². The second-order valence-electron chi connectivity index (χ2n) is 3.65. The van der Waals surface area contributed by atoms with Crippen LogP contribution in [0.3, 0.4) is 0 Å². The Morgan fingerprint density at radius 2 is 2.06 bits per heavy atom. The van der Waals surface area contributed by atoms with Gasteiger partial charge in [-0.25, -0.2) is 0 Å². The Bertz CT molecular complexity index is 385. The van der Waals surface area contributed by atoms with E-state index in [0.717, 1.165) is 11.3 Å². The van der Waals surface area contributed by atoms with Crippen molar-refractivity contribution in [2.24, 2.45) is 5.73 Å². The van der Waals surface area contributed by atoms with Crippen LogP contribution in [0, 0.1) is 0 Å². The fourth-order valence-electron chi connectivity index (χ4n) is 1.31. The first-order valence-electron chi connectivity index (χ1n) is 5.44. The molecule has 0 aliphatic rings. The lowest BCUT2D eigenvalue weighted by molar-refractivity contribution is -0.124. The number of benzene rings is 1. The fraction of sp³-hybridized carbons (Fsp3) is 0.308. The van der Waals surface area contributed by atoms with E-state index in [1.165, 1.54) is 6.08 Å². The molecule has 0 aliphatic heterocycles. The SMILES string of the molecule is COc1ccc(/C=C/C(=O)N(C)CCN)cc1. The maximum atomic E-state index is 11.6. The van der Waals surface area contributed by atoms with Gasteiger partial charge < -0.3 is 15.4 Å². The summed E-state index contributed by atoms with van der Waals surface area (Å²) in [7, 11) is 3.35. The third kappa shape index (κ3) is 4.28. The van der Waals surface area contributed by atoms with Crippen LogP contribution in [0.5, 0.6) is 5.75 Å². The quantitative estimate of drug-likeness (QED) is 0.777. The number of amides is 1. The number of carbonyl (C=O) groups excluding carboxylic acids is 1. The summed E-state index contributed by atoms with van der Waals surface area (Å²) in [6, 6.07) is 7.50. The second-order valence-corrected chi connectivity index (χ2v) is 3.65. The first-order chi connectivity index (χ1) is 8.17. The molecule has 4 heteroatoms. The molecule has 2 N–H and O–H groups in total. The highest BCUT2D eigenvalue weighted by Gasteiger charge is 2.02. The largest absolute Gasteiger partial charge is 0.497 e. The standard InChI is InChI=1S/C13H18N2O2/c1-15(10-9-14)13(16)8-5-11-3-6-12(17-2)7-4-11/h3-8H,9-10,14H2,1-2H3/b8-5+. The van der Waals surface area contributed by atoms with Gasteiger partial charge in [0, 0.05) is 26.2 Å². The first-order valence-corrected chi connectivity index (χ1v) is 5.44. The third-order valence-electron chi connectivity index (χ3n) is 2.37. The highest BCUT2D eigenvalue weighted by molar-refractivity contribution is 5.91. The molecule has 0 unspecified atom stereocenters. The van der Waals surface area contributed by atoms with Gasteiger partial charge in [-0.05, 0) is 23.8 Å². The van der Waals surface area contributed by atoms with E-state index in [9.17, 15) is 4.79 Å². The fourth-order valence-corrected chi connectivity index (χ4v) is 1.31. The molecule has 0 fully saturated rings. The van der Waals surface area contributed by atoms with Gasteiger partial charge in [-0.15, -0.1) is 0 Å². The zero-order chi connectivity index (χ0) is 12.7. The minimum absolute atomic E-state index is 0.0498. The number of nitrogens with two attached hydrogens (primary N) is 1. The van der Waals surface area contributed by atoms with Crippen LogP contribution in [0.4, 0.5) is 0 Å². The monoisotopic (exact) mass is 234 g/mol. The summed E-state index contributed by atoms with van der Waals surface area (Å²) in [5.74, 6) is 0.750. The lowest BCUT2D eigenvalue weighted by Gasteiger charge is -2.12. The average Bonchev–Trinajstić information content (AvgIpc) is 2.36. The van der Waals surface area contributed by atoms with E-state index in [-0.39, 0.29) is 5.91 Å². The van der Waals surface area contributed by atoms with E-state index in [1.807, 2.05) is 24.3 Å². The highest BCUT2D eigenvalue weighted by atomic mass is 16.5. The van der Waals surface area contributed by atoms with Crippen LogP contribution in [0.1, 0.15) is 5.56 Å². The van der Waals surface area contributed by atoms with Gasteiger partial charge in [-0.2, -0.15) is 0 Å². The van der Waals surface area contributed by atoms with Crippen molar-refractivity contribution >= 4 is 12.0 Å². The van der Waals surface area contributed by atoms with Crippen molar-refractivity contribution in [2.45, 2.75) is 0 Å². The molecule has 0 aliphatic carbocycles. The van der Waals surface area contributed by atoms with Gasteiger partial charge in [-0.1, -0.05) is 12.1 Å². The molecular formula is C13H18N2O2. The van der Waals surface area contributed by atoms with Crippen molar-refractivity contribution in [3.8, 4) is 5.75 Å². The number of likely N-dealkylation sites (N-methyl/N-ethyl adjacent to an activating group) is 1. The van der Waals surface area contributed by atoms with Crippen LogP contribution in [-0.4, -0.2) is 38.1 Å². The van der Waals surface area contributed by atoms with E-state index >= 15 is 0 Å². The molecule has 0 spiro atoms. The number of methoxy groups -OCH3 is 1. The first kappa shape index (κ1) is 13.3. The summed E-state index contributed by atoms with van der Waals surface area (Å²) in [6.07, 6.45) is 3.31. The topological polar surface area (TPSA) is 55.6 Å². The van der Waals surface area contributed by atoms with E-state index < -0.39 is 0 Å². The zero-order valence-electron chi connectivity index (χ0n) is 10.2. The Labute approximate surface area is 102 Å². The number of ether oxygens (including phenoxy) is 1. The van der Waals surface area contributed by atoms with E-state index in [0.29, 0.717) is 13.1 Å². The van der Waals surface area contributed by atoms with E-state index in [4.69, 9.17) is 10.5 Å². The van der Waals surface area contributed by atoms with Gasteiger partial charge in [0.1, 0.15) is 5.75 Å². The molecule has 0 saturated heterocycles. The van der Waals surface area contributed by atoms with Crippen molar-refractivity contribution in [3.63, 3.8) is 0 Å².